The van der Waals surface area contributed by atoms with Gasteiger partial charge in [-0.25, -0.2) is 0 Å². The first-order valence-electron chi connectivity index (χ1n) is 10.3. The summed E-state index contributed by atoms with van der Waals surface area (Å²) in [5, 5.41) is 4.18. The highest BCUT2D eigenvalue weighted by Crippen LogP contribution is 2.70. The zero-order chi connectivity index (χ0) is 18.4. The van der Waals surface area contributed by atoms with Crippen molar-refractivity contribution < 1.29 is 4.84 Å². The average molecular weight is 352 g/mol. The molecule has 0 aromatic heterocycles. The summed E-state index contributed by atoms with van der Waals surface area (Å²) in [6.45, 7) is 10.3. The van der Waals surface area contributed by atoms with Gasteiger partial charge in [-0.15, -0.1) is 0 Å². The van der Waals surface area contributed by atoms with E-state index in [-0.39, 0.29) is 0 Å². The first-order chi connectivity index (χ1) is 12.4. The van der Waals surface area contributed by atoms with E-state index in [2.05, 4.69) is 63.2 Å². The summed E-state index contributed by atoms with van der Waals surface area (Å²) < 4.78 is 0. The van der Waals surface area contributed by atoms with Gasteiger partial charge in [-0.3, -0.25) is 0 Å². The molecule has 0 saturated heterocycles. The predicted octanol–water partition coefficient (Wildman–Crippen LogP) is 6.14. The van der Waals surface area contributed by atoms with E-state index in [1.54, 1.807) is 5.57 Å². The summed E-state index contributed by atoms with van der Waals surface area (Å²) >= 11 is 0. The van der Waals surface area contributed by atoms with E-state index in [1.807, 2.05) is 6.21 Å². The highest BCUT2D eigenvalue weighted by molar-refractivity contribution is 5.79. The van der Waals surface area contributed by atoms with Crippen molar-refractivity contribution in [2.24, 2.45) is 33.7 Å². The quantitative estimate of drug-likeness (QED) is 0.276. The zero-order valence-corrected chi connectivity index (χ0v) is 16.8. The highest BCUT2D eigenvalue weighted by atomic mass is 16.6. The van der Waals surface area contributed by atoms with E-state index < -0.39 is 0 Å². The van der Waals surface area contributed by atoms with Gasteiger partial charge in [0.25, 0.3) is 0 Å². The van der Waals surface area contributed by atoms with Crippen molar-refractivity contribution in [3.8, 4) is 0 Å². The lowest BCUT2D eigenvalue weighted by Crippen LogP contribution is -2.28. The number of aryl methyl sites for hydroxylation is 1. The summed E-state index contributed by atoms with van der Waals surface area (Å²) in [6, 6.07) is 8.35. The van der Waals surface area contributed by atoms with Gasteiger partial charge in [0.05, 0.1) is 6.21 Å². The largest absolute Gasteiger partial charge is 0.392 e. The van der Waals surface area contributed by atoms with Crippen LogP contribution in [0.1, 0.15) is 64.0 Å². The lowest BCUT2D eigenvalue weighted by atomic mass is 9.68. The molecule has 4 atom stereocenters. The van der Waals surface area contributed by atoms with Crippen LogP contribution in [0.15, 0.2) is 41.1 Å². The Morgan fingerprint density at radius 1 is 1.12 bits per heavy atom. The first kappa shape index (κ1) is 17.8. The number of nitrogens with zero attached hydrogens (tertiary/aromatic N) is 1. The summed E-state index contributed by atoms with van der Waals surface area (Å²) in [6.07, 6.45) is 11.1. The van der Waals surface area contributed by atoms with Gasteiger partial charge in [0.2, 0.25) is 0 Å². The van der Waals surface area contributed by atoms with Crippen molar-refractivity contribution >= 4 is 6.21 Å². The molecule has 3 fully saturated rings. The maximum absolute atomic E-state index is 5.61. The molecule has 0 aliphatic heterocycles. The van der Waals surface area contributed by atoms with Gasteiger partial charge in [0.15, 0.2) is 0 Å². The highest BCUT2D eigenvalue weighted by Gasteiger charge is 2.62. The van der Waals surface area contributed by atoms with Crippen molar-refractivity contribution in [1.29, 1.82) is 0 Å². The summed E-state index contributed by atoms with van der Waals surface area (Å²) in [7, 11) is 0. The molecular formula is C24H33NO. The van der Waals surface area contributed by atoms with E-state index in [9.17, 15) is 0 Å². The Kier molecular flexibility index (Phi) is 4.49. The lowest BCUT2D eigenvalue weighted by molar-refractivity contribution is 0.141. The van der Waals surface area contributed by atoms with Crippen LogP contribution in [0.5, 0.6) is 0 Å². The third kappa shape index (κ3) is 2.92. The molecule has 2 heteroatoms. The molecule has 3 aliphatic carbocycles. The Bertz CT molecular complexity index is 714. The third-order valence-corrected chi connectivity index (χ3v) is 7.68. The molecule has 0 heterocycles. The Morgan fingerprint density at radius 2 is 1.88 bits per heavy atom. The number of allylic oxidation sites excluding steroid dienone is 1. The van der Waals surface area contributed by atoms with Crippen LogP contribution in [0.2, 0.25) is 0 Å². The molecule has 3 aliphatic rings. The maximum atomic E-state index is 5.61. The van der Waals surface area contributed by atoms with Gasteiger partial charge in [-0.1, -0.05) is 67.7 Å². The Labute approximate surface area is 158 Å². The van der Waals surface area contributed by atoms with Gasteiger partial charge in [0, 0.05) is 0 Å². The fourth-order valence-corrected chi connectivity index (χ4v) is 6.50. The van der Waals surface area contributed by atoms with Crippen LogP contribution in [-0.4, -0.2) is 12.8 Å². The molecule has 0 N–H and O–H groups in total. The molecule has 3 saturated carbocycles. The standard InChI is InChI=1S/C24H33NO/c1-17-6-8-18(9-7-17)16-25-26-15-12-20-19-10-11-21-22(19)23(2,3)13-5-14-24(20,21)4/h6-9,12,16,19,21-22H,5,10-11,13-15H2,1-4H3/b20-12?,25-16+/t19-,21-,22-,24-/m1/s1. The number of hydrogen-bond acceptors (Lipinski definition) is 2. The molecule has 0 spiro atoms. The number of hydrogen-bond donors (Lipinski definition) is 0. The van der Waals surface area contributed by atoms with Crippen LogP contribution in [0.25, 0.3) is 0 Å². The molecule has 4 rings (SSSR count). The van der Waals surface area contributed by atoms with Gasteiger partial charge >= 0.3 is 0 Å². The molecular weight excluding hydrogens is 318 g/mol. The molecule has 1 aromatic carbocycles. The minimum Gasteiger partial charge on any atom is -0.392 e. The Morgan fingerprint density at radius 3 is 2.65 bits per heavy atom. The SMILES string of the molecule is Cc1ccc(/C=N/OCC=C2[C@H]3CC[C@@H]4[C@@H]3C(C)(C)CCC[C@]24C)cc1. The molecule has 4 bridgehead atoms. The van der Waals surface area contributed by atoms with Crippen molar-refractivity contribution in [2.75, 3.05) is 6.61 Å². The van der Waals surface area contributed by atoms with Gasteiger partial charge in [-0.05, 0) is 72.8 Å². The second kappa shape index (κ2) is 6.55. The topological polar surface area (TPSA) is 21.6 Å². The van der Waals surface area contributed by atoms with Crippen LogP contribution < -0.4 is 0 Å². The third-order valence-electron chi connectivity index (χ3n) is 7.68. The van der Waals surface area contributed by atoms with Crippen molar-refractivity contribution in [2.45, 2.75) is 59.8 Å². The minimum absolute atomic E-state index is 0.408. The van der Waals surface area contributed by atoms with Crippen LogP contribution in [0.3, 0.4) is 0 Å². The molecule has 0 radical (unpaired) electrons. The molecule has 26 heavy (non-hydrogen) atoms. The van der Waals surface area contributed by atoms with Crippen LogP contribution in [0.4, 0.5) is 0 Å². The van der Waals surface area contributed by atoms with Crippen LogP contribution >= 0.6 is 0 Å². The smallest absolute Gasteiger partial charge is 0.135 e. The second-order valence-corrected chi connectivity index (χ2v) is 9.68. The average Bonchev–Trinajstić information content (AvgIpc) is 3.10. The minimum atomic E-state index is 0.408. The van der Waals surface area contributed by atoms with Crippen molar-refractivity contribution in [3.63, 3.8) is 0 Å². The summed E-state index contributed by atoms with van der Waals surface area (Å²) in [5.74, 6) is 2.54. The molecule has 0 unspecified atom stereocenters. The first-order valence-corrected chi connectivity index (χ1v) is 10.3. The van der Waals surface area contributed by atoms with Crippen molar-refractivity contribution in [1.82, 2.24) is 0 Å². The molecule has 1 aromatic rings. The fraction of sp³-hybridized carbons (Fsp3) is 0.625. The Balaban J connectivity index is 1.45. The maximum Gasteiger partial charge on any atom is 0.135 e. The monoisotopic (exact) mass is 351 g/mol. The molecule has 140 valence electrons. The Hall–Kier alpha value is -1.57. The molecule has 2 nitrogen and oxygen atoms in total. The number of oxime groups is 1. The fourth-order valence-electron chi connectivity index (χ4n) is 6.50. The van der Waals surface area contributed by atoms with E-state index in [1.165, 1.54) is 37.7 Å². The van der Waals surface area contributed by atoms with E-state index in [0.29, 0.717) is 17.4 Å². The predicted molar refractivity (Wildman–Crippen MR) is 108 cm³/mol. The number of benzene rings is 1. The van der Waals surface area contributed by atoms with Gasteiger partial charge in [-0.2, -0.15) is 0 Å². The van der Waals surface area contributed by atoms with Gasteiger partial charge < -0.3 is 4.84 Å². The second-order valence-electron chi connectivity index (χ2n) is 9.68. The van der Waals surface area contributed by atoms with Crippen LogP contribution in [-0.2, 0) is 4.84 Å². The summed E-state index contributed by atoms with van der Waals surface area (Å²) in [5.41, 5.74) is 4.94. The van der Waals surface area contributed by atoms with Gasteiger partial charge in [0.1, 0.15) is 6.61 Å². The van der Waals surface area contributed by atoms with E-state index >= 15 is 0 Å². The van der Waals surface area contributed by atoms with Crippen LogP contribution in [0, 0.1) is 35.5 Å². The van der Waals surface area contributed by atoms with Crippen molar-refractivity contribution in [3.05, 3.63) is 47.0 Å². The summed E-state index contributed by atoms with van der Waals surface area (Å²) in [4.78, 5) is 5.61. The normalized spacial score (nSPS) is 36.6. The molecule has 0 amide bonds. The lowest BCUT2D eigenvalue weighted by Gasteiger charge is -2.36. The van der Waals surface area contributed by atoms with E-state index in [4.69, 9.17) is 4.84 Å². The number of rotatable bonds is 4. The van der Waals surface area contributed by atoms with E-state index in [0.717, 1.165) is 23.3 Å². The zero-order valence-electron chi connectivity index (χ0n) is 16.8.